The fourth-order valence-electron chi connectivity index (χ4n) is 6.90. The van der Waals surface area contributed by atoms with E-state index in [1.807, 2.05) is 32.9 Å². The first-order chi connectivity index (χ1) is 18.9. The summed E-state index contributed by atoms with van der Waals surface area (Å²) in [6, 6.07) is 11.1. The number of nitrogens with one attached hydrogen (secondary N) is 2. The zero-order chi connectivity index (χ0) is 29.0. The molecule has 8 nitrogen and oxygen atoms in total. The molecule has 4 N–H and O–H groups in total. The Bertz CT molecular complexity index is 1480. The molecule has 2 heterocycles. The molecule has 0 bridgehead atoms. The van der Waals surface area contributed by atoms with Gasteiger partial charge < -0.3 is 10.5 Å². The van der Waals surface area contributed by atoms with Gasteiger partial charge in [0.25, 0.3) is 23.6 Å². The standard InChI is InChI=1S/C32H35N3O5/c1-17(2)20-10-11-31(5,24-14-26(36)34-29(24)38)32(16-20,25-15-27(37)35-30(25)39)21-12-18(3)28(19(4)13-21)40-23-8-6-22(33)7-9-23/h6-9,12-15,17,20H,10-11,16,33H2,1-5H3,(H,34,36,38)(H,35,37,39). The van der Waals surface area contributed by atoms with Crippen LogP contribution in [-0.4, -0.2) is 23.6 Å². The molecule has 0 radical (unpaired) electrons. The highest BCUT2D eigenvalue weighted by Crippen LogP contribution is 2.63. The summed E-state index contributed by atoms with van der Waals surface area (Å²) in [6.07, 6.45) is 4.64. The Balaban J connectivity index is 1.76. The third kappa shape index (κ3) is 4.31. The maximum atomic E-state index is 13.5. The van der Waals surface area contributed by atoms with Gasteiger partial charge in [-0.3, -0.25) is 29.8 Å². The van der Waals surface area contributed by atoms with Crippen LogP contribution < -0.4 is 21.1 Å². The van der Waals surface area contributed by atoms with E-state index < -0.39 is 34.5 Å². The Labute approximate surface area is 234 Å². The molecular formula is C32H35N3O5. The Morgan fingerprint density at radius 3 is 1.95 bits per heavy atom. The first kappa shape index (κ1) is 27.4. The maximum absolute atomic E-state index is 13.5. The average molecular weight is 542 g/mol. The van der Waals surface area contributed by atoms with Crippen molar-refractivity contribution in [2.75, 3.05) is 5.73 Å². The van der Waals surface area contributed by atoms with Crippen molar-refractivity contribution in [2.24, 2.45) is 17.3 Å². The molecule has 1 aliphatic carbocycles. The van der Waals surface area contributed by atoms with E-state index in [1.54, 1.807) is 24.3 Å². The highest BCUT2D eigenvalue weighted by Gasteiger charge is 2.61. The van der Waals surface area contributed by atoms with Crippen LogP contribution in [0.4, 0.5) is 5.69 Å². The lowest BCUT2D eigenvalue weighted by Gasteiger charge is -2.56. The molecule has 2 aromatic rings. The van der Waals surface area contributed by atoms with Gasteiger partial charge in [-0.25, -0.2) is 0 Å². The molecule has 2 aromatic carbocycles. The van der Waals surface area contributed by atoms with E-state index >= 15 is 0 Å². The van der Waals surface area contributed by atoms with Gasteiger partial charge in [0.1, 0.15) is 11.5 Å². The number of benzene rings is 2. The lowest BCUT2D eigenvalue weighted by molar-refractivity contribution is -0.127. The van der Waals surface area contributed by atoms with Gasteiger partial charge in [-0.05, 0) is 85.9 Å². The van der Waals surface area contributed by atoms with E-state index in [1.165, 1.54) is 12.2 Å². The molecule has 4 amide bonds. The zero-order valence-electron chi connectivity index (χ0n) is 23.5. The number of hydrogen-bond acceptors (Lipinski definition) is 6. The number of aryl methyl sites for hydroxylation is 2. The summed E-state index contributed by atoms with van der Waals surface area (Å²) in [5.74, 6) is -0.0498. The van der Waals surface area contributed by atoms with Gasteiger partial charge in [-0.1, -0.05) is 32.9 Å². The quantitative estimate of drug-likeness (QED) is 0.364. The summed E-state index contributed by atoms with van der Waals surface area (Å²) in [4.78, 5) is 51.6. The minimum absolute atomic E-state index is 0.213. The Morgan fingerprint density at radius 1 is 0.900 bits per heavy atom. The smallest absolute Gasteiger partial charge is 0.255 e. The molecule has 2 aliphatic heterocycles. The van der Waals surface area contributed by atoms with Gasteiger partial charge in [0.05, 0.1) is 0 Å². The van der Waals surface area contributed by atoms with Gasteiger partial charge in [0.15, 0.2) is 0 Å². The van der Waals surface area contributed by atoms with Crippen molar-refractivity contribution in [3.05, 3.63) is 76.4 Å². The number of anilines is 1. The fraction of sp³-hybridized carbons (Fsp3) is 0.375. The maximum Gasteiger partial charge on any atom is 0.255 e. The summed E-state index contributed by atoms with van der Waals surface area (Å²) >= 11 is 0. The zero-order valence-corrected chi connectivity index (χ0v) is 23.5. The largest absolute Gasteiger partial charge is 0.457 e. The van der Waals surface area contributed by atoms with Crippen LogP contribution in [0.3, 0.4) is 0 Å². The molecule has 40 heavy (non-hydrogen) atoms. The summed E-state index contributed by atoms with van der Waals surface area (Å²) in [5.41, 5.74) is 7.62. The van der Waals surface area contributed by atoms with Crippen LogP contribution in [0.2, 0.25) is 0 Å². The summed E-state index contributed by atoms with van der Waals surface area (Å²) in [6.45, 7) is 10.1. The molecule has 3 atom stereocenters. The van der Waals surface area contributed by atoms with Crippen LogP contribution in [0.5, 0.6) is 11.5 Å². The number of carbonyl (C=O) groups is 4. The number of hydrogen-bond donors (Lipinski definition) is 3. The Kier molecular flexibility index (Phi) is 6.68. The van der Waals surface area contributed by atoms with Crippen molar-refractivity contribution in [3.8, 4) is 11.5 Å². The SMILES string of the molecule is Cc1cc(C2(C3=CC(=O)NC3=O)CC(C(C)C)CCC2(C)C2=CC(=O)NC2=O)cc(C)c1Oc1ccc(N)cc1. The highest BCUT2D eigenvalue weighted by atomic mass is 16.5. The Morgan fingerprint density at radius 2 is 1.45 bits per heavy atom. The van der Waals surface area contributed by atoms with Crippen LogP contribution in [-0.2, 0) is 24.6 Å². The molecule has 0 aromatic heterocycles. The molecule has 0 spiro atoms. The van der Waals surface area contributed by atoms with Crippen molar-refractivity contribution < 1.29 is 23.9 Å². The van der Waals surface area contributed by atoms with E-state index in [2.05, 4.69) is 24.5 Å². The van der Waals surface area contributed by atoms with Gasteiger partial charge in [-0.15, -0.1) is 0 Å². The number of nitrogen functional groups attached to an aromatic ring is 1. The summed E-state index contributed by atoms with van der Waals surface area (Å²) in [5, 5.41) is 4.84. The van der Waals surface area contributed by atoms with Crippen LogP contribution in [0.15, 0.2) is 59.7 Å². The van der Waals surface area contributed by atoms with Crippen LogP contribution in [0.25, 0.3) is 0 Å². The van der Waals surface area contributed by atoms with Crippen molar-refractivity contribution in [1.82, 2.24) is 10.6 Å². The molecule has 0 saturated heterocycles. The third-order valence-corrected chi connectivity index (χ3v) is 9.09. The second kappa shape index (κ2) is 9.77. The van der Waals surface area contributed by atoms with Crippen LogP contribution in [0.1, 0.15) is 56.7 Å². The predicted molar refractivity (Wildman–Crippen MR) is 151 cm³/mol. The minimum atomic E-state index is -1.06. The van der Waals surface area contributed by atoms with Gasteiger partial charge >= 0.3 is 0 Å². The summed E-state index contributed by atoms with van der Waals surface area (Å²) in [7, 11) is 0. The van der Waals surface area contributed by atoms with Gasteiger partial charge in [-0.2, -0.15) is 0 Å². The minimum Gasteiger partial charge on any atom is -0.457 e. The number of imide groups is 2. The average Bonchev–Trinajstić information content (AvgIpc) is 3.42. The number of nitrogens with two attached hydrogens (primary N) is 1. The predicted octanol–water partition coefficient (Wildman–Crippen LogP) is 4.54. The first-order valence-electron chi connectivity index (χ1n) is 13.7. The molecule has 208 valence electrons. The lowest BCUT2D eigenvalue weighted by Crippen LogP contribution is -2.54. The number of carbonyl (C=O) groups excluding carboxylic acids is 4. The van der Waals surface area contributed by atoms with E-state index in [0.29, 0.717) is 47.1 Å². The van der Waals surface area contributed by atoms with Gasteiger partial charge in [0, 0.05) is 39.8 Å². The van der Waals surface area contributed by atoms with E-state index in [0.717, 1.165) is 23.1 Å². The van der Waals surface area contributed by atoms with Crippen molar-refractivity contribution in [1.29, 1.82) is 0 Å². The van der Waals surface area contributed by atoms with Crippen LogP contribution >= 0.6 is 0 Å². The number of rotatable bonds is 6. The van der Waals surface area contributed by atoms with Crippen molar-refractivity contribution >= 4 is 29.3 Å². The second-order valence-electron chi connectivity index (χ2n) is 11.8. The number of ether oxygens (including phenoxy) is 1. The van der Waals surface area contributed by atoms with E-state index in [-0.39, 0.29) is 5.92 Å². The van der Waals surface area contributed by atoms with Gasteiger partial charge in [0.2, 0.25) is 0 Å². The highest BCUT2D eigenvalue weighted by molar-refractivity contribution is 6.19. The molecule has 1 saturated carbocycles. The third-order valence-electron chi connectivity index (χ3n) is 9.09. The molecule has 8 heteroatoms. The van der Waals surface area contributed by atoms with Crippen molar-refractivity contribution in [3.63, 3.8) is 0 Å². The topological polar surface area (TPSA) is 128 Å². The lowest BCUT2D eigenvalue weighted by atomic mass is 9.46. The monoisotopic (exact) mass is 541 g/mol. The second-order valence-corrected chi connectivity index (χ2v) is 11.8. The normalized spacial score (nSPS) is 26.5. The first-order valence-corrected chi connectivity index (χ1v) is 13.7. The van der Waals surface area contributed by atoms with E-state index in [9.17, 15) is 19.2 Å². The summed E-state index contributed by atoms with van der Waals surface area (Å²) < 4.78 is 6.25. The van der Waals surface area contributed by atoms with E-state index in [4.69, 9.17) is 10.5 Å². The molecule has 5 rings (SSSR count). The van der Waals surface area contributed by atoms with Crippen molar-refractivity contribution in [2.45, 2.75) is 59.3 Å². The molecule has 3 aliphatic rings. The number of amides is 4. The Hall–Kier alpha value is -4.20. The molecule has 3 unspecified atom stereocenters. The molecule has 1 fully saturated rings. The fourth-order valence-corrected chi connectivity index (χ4v) is 6.90. The van der Waals surface area contributed by atoms with Crippen LogP contribution in [0, 0.1) is 31.1 Å². The molecular weight excluding hydrogens is 506 g/mol.